The van der Waals surface area contributed by atoms with E-state index in [9.17, 15) is 13.6 Å². The Balaban J connectivity index is 1.98. The minimum atomic E-state index is -1.03. The summed E-state index contributed by atoms with van der Waals surface area (Å²) < 4.78 is 44.5. The molecule has 6 nitrogen and oxygen atoms in total. The number of hydrogen-bond donors (Lipinski definition) is 2. The maximum absolute atomic E-state index is 15.2. The summed E-state index contributed by atoms with van der Waals surface area (Å²) in [5.74, 6) is -3.68. The molecule has 3 heterocycles. The van der Waals surface area contributed by atoms with Crippen LogP contribution in [0.25, 0.3) is 16.7 Å². The van der Waals surface area contributed by atoms with Crippen molar-refractivity contribution in [1.82, 2.24) is 9.55 Å². The highest BCUT2D eigenvalue weighted by Gasteiger charge is 2.26. The van der Waals surface area contributed by atoms with Gasteiger partial charge in [0.2, 0.25) is 0 Å². The van der Waals surface area contributed by atoms with Gasteiger partial charge < -0.3 is 16.4 Å². The van der Waals surface area contributed by atoms with E-state index < -0.39 is 28.7 Å². The molecule has 0 unspecified atom stereocenters. The monoisotopic (exact) mass is 483 g/mol. The van der Waals surface area contributed by atoms with Crippen LogP contribution in [-0.2, 0) is 0 Å². The van der Waals surface area contributed by atoms with Gasteiger partial charge in [-0.3, -0.25) is 9.36 Å². The van der Waals surface area contributed by atoms with Crippen molar-refractivity contribution in [2.24, 2.45) is 5.73 Å². The molecule has 32 heavy (non-hydrogen) atoms. The van der Waals surface area contributed by atoms with Crippen LogP contribution in [0.15, 0.2) is 39.8 Å². The Kier molecular flexibility index (Phi) is 6.07. The Morgan fingerprint density at radius 1 is 1.19 bits per heavy atom. The lowest BCUT2D eigenvalue weighted by Crippen LogP contribution is -2.33. The third kappa shape index (κ3) is 3.80. The fourth-order valence-corrected chi connectivity index (χ4v) is 4.42. The molecule has 1 aliphatic rings. The van der Waals surface area contributed by atoms with Gasteiger partial charge in [0.15, 0.2) is 28.7 Å². The first-order valence-corrected chi connectivity index (χ1v) is 10.4. The number of fused-ring (bicyclic) bond motifs is 1. The minimum Gasteiger partial charge on any atom is -0.381 e. The highest BCUT2D eigenvalue weighted by Crippen LogP contribution is 2.38. The van der Waals surface area contributed by atoms with Crippen molar-refractivity contribution < 1.29 is 13.2 Å². The number of anilines is 2. The smallest absolute Gasteiger partial charge is 0.189 e. The fourth-order valence-electron chi connectivity index (χ4n) is 3.86. The van der Waals surface area contributed by atoms with Crippen molar-refractivity contribution in [3.8, 4) is 5.82 Å². The third-order valence-electron chi connectivity index (χ3n) is 5.38. The number of nitrogens with two attached hydrogens (primary N) is 2. The molecule has 11 heteroatoms. The lowest BCUT2D eigenvalue weighted by molar-refractivity contribution is 0.570. The standard InChI is InChI=1S/C21H18Cl2F3N5O/c22-12(8-27)10-2-1-4-30(9-10)19-13(24)6-11-16(32)3-5-31(18(11)17(19)23)21-15(26)7-14(25)20(28)29-21/h3,5-7H,1-2,4,8-9,27H2,(H2,28,29). The lowest BCUT2D eigenvalue weighted by atomic mass is 10.0. The molecule has 0 bridgehead atoms. The predicted molar refractivity (Wildman–Crippen MR) is 120 cm³/mol. The van der Waals surface area contributed by atoms with Gasteiger partial charge in [0.05, 0.1) is 21.6 Å². The van der Waals surface area contributed by atoms with Crippen LogP contribution in [0.5, 0.6) is 0 Å². The molecule has 0 saturated carbocycles. The van der Waals surface area contributed by atoms with Crippen molar-refractivity contribution in [2.75, 3.05) is 30.3 Å². The summed E-state index contributed by atoms with van der Waals surface area (Å²) in [5.41, 5.74) is 11.5. The highest BCUT2D eigenvalue weighted by atomic mass is 35.5. The minimum absolute atomic E-state index is 0.0222. The Morgan fingerprint density at radius 2 is 1.94 bits per heavy atom. The molecule has 4 rings (SSSR count). The molecule has 0 spiro atoms. The highest BCUT2D eigenvalue weighted by molar-refractivity contribution is 6.38. The SMILES string of the molecule is NCC(Cl)=C1CCCN(c2c(F)cc3c(=O)ccn(-c4nc(N)c(F)cc4F)c3c2Cl)C1. The molecule has 168 valence electrons. The maximum Gasteiger partial charge on any atom is 0.189 e. The third-order valence-corrected chi connectivity index (χ3v) is 6.16. The van der Waals surface area contributed by atoms with E-state index >= 15 is 4.39 Å². The number of halogens is 5. The zero-order chi connectivity index (χ0) is 23.2. The molecule has 0 aliphatic carbocycles. The molecule has 0 atom stereocenters. The number of piperidine rings is 1. The fraction of sp³-hybridized carbons (Fsp3) is 0.238. The summed E-state index contributed by atoms with van der Waals surface area (Å²) in [6, 6.07) is 2.74. The lowest BCUT2D eigenvalue weighted by Gasteiger charge is -2.32. The Morgan fingerprint density at radius 3 is 2.66 bits per heavy atom. The van der Waals surface area contributed by atoms with Crippen LogP contribution in [-0.4, -0.2) is 29.2 Å². The molecule has 0 amide bonds. The van der Waals surface area contributed by atoms with Crippen LogP contribution < -0.4 is 21.8 Å². The Hall–Kier alpha value is -2.75. The molecule has 1 aromatic carbocycles. The average molecular weight is 484 g/mol. The first-order chi connectivity index (χ1) is 15.2. The van der Waals surface area contributed by atoms with Crippen LogP contribution >= 0.6 is 23.2 Å². The van der Waals surface area contributed by atoms with E-state index in [0.29, 0.717) is 37.0 Å². The number of rotatable bonds is 3. The van der Waals surface area contributed by atoms with E-state index in [1.807, 2.05) is 0 Å². The summed E-state index contributed by atoms with van der Waals surface area (Å²) in [5, 5.41) is 0.291. The zero-order valence-corrected chi connectivity index (χ0v) is 18.2. The van der Waals surface area contributed by atoms with Crippen LogP contribution in [0, 0.1) is 17.5 Å². The molecular weight excluding hydrogens is 466 g/mol. The number of benzene rings is 1. The first-order valence-electron chi connectivity index (χ1n) is 9.69. The Labute approximate surface area is 190 Å². The quantitative estimate of drug-likeness (QED) is 0.585. The van der Waals surface area contributed by atoms with Gasteiger partial charge >= 0.3 is 0 Å². The van der Waals surface area contributed by atoms with E-state index in [0.717, 1.165) is 22.3 Å². The summed E-state index contributed by atoms with van der Waals surface area (Å²) in [7, 11) is 0. The van der Waals surface area contributed by atoms with Crippen molar-refractivity contribution >= 4 is 45.6 Å². The molecule has 3 aromatic rings. The topological polar surface area (TPSA) is 90.2 Å². The Bertz CT molecular complexity index is 1330. The normalized spacial score (nSPS) is 16.0. The van der Waals surface area contributed by atoms with Crippen LogP contribution in [0.4, 0.5) is 24.7 Å². The molecule has 1 fully saturated rings. The average Bonchev–Trinajstić information content (AvgIpc) is 2.77. The first kappa shape index (κ1) is 22.4. The van der Waals surface area contributed by atoms with E-state index in [1.165, 1.54) is 6.20 Å². The molecule has 1 saturated heterocycles. The molecule has 1 aliphatic heterocycles. The van der Waals surface area contributed by atoms with Gasteiger partial charge in [0, 0.05) is 43.0 Å². The predicted octanol–water partition coefficient (Wildman–Crippen LogP) is 4.09. The van der Waals surface area contributed by atoms with E-state index in [2.05, 4.69) is 4.98 Å². The summed E-state index contributed by atoms with van der Waals surface area (Å²) in [6.07, 6.45) is 2.63. The molecular formula is C21H18Cl2F3N5O. The van der Waals surface area contributed by atoms with Crippen molar-refractivity contribution in [3.63, 3.8) is 0 Å². The van der Waals surface area contributed by atoms with Gasteiger partial charge in [-0.25, -0.2) is 18.2 Å². The number of hydrogen-bond acceptors (Lipinski definition) is 5. The van der Waals surface area contributed by atoms with Crippen molar-refractivity contribution in [2.45, 2.75) is 12.8 Å². The molecule has 2 aromatic heterocycles. The van der Waals surface area contributed by atoms with Gasteiger partial charge in [0.1, 0.15) is 5.82 Å². The second kappa shape index (κ2) is 8.65. The van der Waals surface area contributed by atoms with Crippen LogP contribution in [0.2, 0.25) is 5.02 Å². The summed E-state index contributed by atoms with van der Waals surface area (Å²) >= 11 is 12.8. The van der Waals surface area contributed by atoms with Gasteiger partial charge in [0.25, 0.3) is 0 Å². The van der Waals surface area contributed by atoms with Crippen molar-refractivity contribution in [3.05, 3.63) is 67.7 Å². The van der Waals surface area contributed by atoms with Crippen molar-refractivity contribution in [1.29, 1.82) is 0 Å². The van der Waals surface area contributed by atoms with Gasteiger partial charge in [-0.15, -0.1) is 0 Å². The van der Waals surface area contributed by atoms with E-state index in [4.69, 9.17) is 34.7 Å². The second-order valence-corrected chi connectivity index (χ2v) is 8.20. The zero-order valence-electron chi connectivity index (χ0n) is 16.6. The van der Waals surface area contributed by atoms with Gasteiger partial charge in [-0.05, 0) is 24.5 Å². The summed E-state index contributed by atoms with van der Waals surface area (Å²) in [4.78, 5) is 17.9. The molecule has 4 N–H and O–H groups in total. The molecule has 0 radical (unpaired) electrons. The second-order valence-electron chi connectivity index (χ2n) is 7.37. The van der Waals surface area contributed by atoms with Crippen LogP contribution in [0.1, 0.15) is 12.8 Å². The van der Waals surface area contributed by atoms with Crippen LogP contribution in [0.3, 0.4) is 0 Å². The number of aromatic nitrogens is 2. The number of nitrogen functional groups attached to an aromatic ring is 1. The number of pyridine rings is 2. The van der Waals surface area contributed by atoms with E-state index in [-0.39, 0.29) is 34.0 Å². The van der Waals surface area contributed by atoms with E-state index in [1.54, 1.807) is 4.90 Å². The largest absolute Gasteiger partial charge is 0.381 e. The maximum atomic E-state index is 15.2. The number of nitrogens with zero attached hydrogens (tertiary/aromatic N) is 3. The van der Waals surface area contributed by atoms with Gasteiger partial charge in [-0.1, -0.05) is 23.2 Å². The van der Waals surface area contributed by atoms with Gasteiger partial charge in [-0.2, -0.15) is 0 Å². The summed E-state index contributed by atoms with van der Waals surface area (Å²) in [6.45, 7) is 0.939.